The fourth-order valence-electron chi connectivity index (χ4n) is 7.20. The minimum absolute atomic E-state index is 0.0402. The third-order valence-corrected chi connectivity index (χ3v) is 9.62. The van der Waals surface area contributed by atoms with E-state index in [0.29, 0.717) is 17.5 Å². The van der Waals surface area contributed by atoms with E-state index < -0.39 is 29.7 Å². The Balaban J connectivity index is 0.904. The van der Waals surface area contributed by atoms with Crippen LogP contribution in [0.5, 0.6) is 0 Å². The summed E-state index contributed by atoms with van der Waals surface area (Å²) in [6.45, 7) is 1.01. The molecule has 1 saturated carbocycles. The zero-order chi connectivity index (χ0) is 31.9. The van der Waals surface area contributed by atoms with Crippen LogP contribution in [-0.4, -0.2) is 87.7 Å². The van der Waals surface area contributed by atoms with Crippen molar-refractivity contribution in [3.63, 3.8) is 0 Å². The van der Waals surface area contributed by atoms with Gasteiger partial charge in [0.05, 0.1) is 22.7 Å². The summed E-state index contributed by atoms with van der Waals surface area (Å²) in [5.41, 5.74) is 3.14. The number of nitrogens with one attached hydrogen (secondary N) is 4. The summed E-state index contributed by atoms with van der Waals surface area (Å²) < 4.78 is 5.94. The predicted octanol–water partition coefficient (Wildman–Crippen LogP) is 3.11. The zero-order valence-corrected chi connectivity index (χ0v) is 25.6. The predicted molar refractivity (Wildman–Crippen MR) is 168 cm³/mol. The van der Waals surface area contributed by atoms with Gasteiger partial charge in [-0.3, -0.25) is 39.1 Å². The second kappa shape index (κ2) is 12.3. The Labute approximate surface area is 265 Å². The molecule has 5 amide bonds. The number of pyridine rings is 1. The molecule has 13 nitrogen and oxygen atoms in total. The van der Waals surface area contributed by atoms with Gasteiger partial charge in [0.2, 0.25) is 11.8 Å². The van der Waals surface area contributed by atoms with Crippen LogP contribution >= 0.6 is 0 Å². The van der Waals surface area contributed by atoms with Crippen molar-refractivity contribution in [1.82, 2.24) is 25.1 Å². The summed E-state index contributed by atoms with van der Waals surface area (Å²) in [7, 11) is 2.14. The first-order chi connectivity index (χ1) is 22.2. The van der Waals surface area contributed by atoms with E-state index in [0.717, 1.165) is 54.5 Å². The number of nitrogens with zero attached hydrogens (tertiary/aromatic N) is 3. The van der Waals surface area contributed by atoms with Crippen molar-refractivity contribution in [2.24, 2.45) is 0 Å². The van der Waals surface area contributed by atoms with Gasteiger partial charge in [-0.1, -0.05) is 6.07 Å². The number of aromatic nitrogens is 2. The standard InChI is InChI=1S/C33H37N7O6/c1-39-13-3-6-25(39)24-14-18-16-34-27(15-23(18)36-24)37-29(42)17-46-20-9-7-19(8-10-20)35-22-5-2-4-21-30(22)33(45)40(32(21)44)26-11-12-28(41)38-31(26)43/h2,4-5,14-16,19-20,25-26,35-36H,3,6-13,17H2,1H3,(H,34,37,42)(H,38,41,43)/t19?,20?,25-,26?/m1/s1. The molecule has 1 aliphatic carbocycles. The fourth-order valence-corrected chi connectivity index (χ4v) is 7.20. The highest BCUT2D eigenvalue weighted by Gasteiger charge is 2.45. The van der Waals surface area contributed by atoms with Crippen molar-refractivity contribution in [1.29, 1.82) is 0 Å². The first-order valence-corrected chi connectivity index (χ1v) is 16.0. The van der Waals surface area contributed by atoms with Gasteiger partial charge >= 0.3 is 0 Å². The summed E-state index contributed by atoms with van der Waals surface area (Å²) in [5, 5.41) is 9.50. The van der Waals surface area contributed by atoms with Crippen molar-refractivity contribution in [2.75, 3.05) is 30.8 Å². The number of anilines is 2. The molecule has 4 N–H and O–H groups in total. The Kier molecular flexibility index (Phi) is 8.03. The molecule has 0 spiro atoms. The van der Waals surface area contributed by atoms with Crippen LogP contribution in [0.25, 0.3) is 10.9 Å². The Morgan fingerprint density at radius 3 is 2.61 bits per heavy atom. The molecule has 3 aromatic rings. The number of hydrogen-bond acceptors (Lipinski definition) is 9. The van der Waals surface area contributed by atoms with E-state index in [4.69, 9.17) is 4.74 Å². The van der Waals surface area contributed by atoms with E-state index in [1.54, 1.807) is 24.4 Å². The topological polar surface area (TPSA) is 166 Å². The fraction of sp³-hybridized carbons (Fsp3) is 0.455. The van der Waals surface area contributed by atoms with Crippen LogP contribution in [0.2, 0.25) is 0 Å². The molecular formula is C33H37N7O6. The molecule has 1 aromatic carbocycles. The molecular weight excluding hydrogens is 590 g/mol. The number of likely N-dealkylation sites (tertiary alicyclic amines) is 1. The summed E-state index contributed by atoms with van der Waals surface area (Å²) >= 11 is 0. The number of amides is 5. The number of benzene rings is 1. The van der Waals surface area contributed by atoms with Crippen molar-refractivity contribution in [2.45, 2.75) is 75.6 Å². The quantitative estimate of drug-likeness (QED) is 0.275. The first-order valence-electron chi connectivity index (χ1n) is 16.0. The number of H-pyrrole nitrogens is 1. The SMILES string of the molecule is CN1CCC[C@@H]1c1cc2cnc(NC(=O)COC3CCC(Nc4cccc5c4C(=O)N(C4CCC(=O)NC4=O)C5=O)CC3)cc2[nH]1. The number of hydrogen-bond donors (Lipinski definition) is 4. The van der Waals surface area contributed by atoms with Crippen molar-refractivity contribution in [3.8, 4) is 0 Å². The van der Waals surface area contributed by atoms with Gasteiger partial charge in [0.25, 0.3) is 17.7 Å². The van der Waals surface area contributed by atoms with E-state index >= 15 is 0 Å². The minimum Gasteiger partial charge on any atom is -0.382 e. The highest BCUT2D eigenvalue weighted by atomic mass is 16.5. The van der Waals surface area contributed by atoms with Crippen LogP contribution in [0.3, 0.4) is 0 Å². The zero-order valence-electron chi connectivity index (χ0n) is 25.6. The van der Waals surface area contributed by atoms with Crippen LogP contribution in [0.1, 0.15) is 83.8 Å². The molecule has 0 radical (unpaired) electrons. The van der Waals surface area contributed by atoms with Gasteiger partial charge in [-0.2, -0.15) is 0 Å². The molecule has 240 valence electrons. The van der Waals surface area contributed by atoms with Crippen LogP contribution in [0, 0.1) is 0 Å². The van der Waals surface area contributed by atoms with Gasteiger partial charge in [-0.25, -0.2) is 4.98 Å². The number of rotatable bonds is 8. The molecule has 7 rings (SSSR count). The lowest BCUT2D eigenvalue weighted by molar-refractivity contribution is -0.136. The minimum atomic E-state index is -1.01. The lowest BCUT2D eigenvalue weighted by Crippen LogP contribution is -2.54. The van der Waals surface area contributed by atoms with E-state index in [2.05, 4.69) is 43.9 Å². The highest BCUT2D eigenvalue weighted by molar-refractivity contribution is 6.25. The third kappa shape index (κ3) is 5.76. The first kappa shape index (κ1) is 30.1. The normalized spacial score (nSPS) is 25.2. The second-order valence-electron chi connectivity index (χ2n) is 12.7. The molecule has 3 fully saturated rings. The summed E-state index contributed by atoms with van der Waals surface area (Å²) in [6.07, 6.45) is 7.11. The highest BCUT2D eigenvalue weighted by Crippen LogP contribution is 2.35. The summed E-state index contributed by atoms with van der Waals surface area (Å²) in [6, 6.07) is 8.45. The Morgan fingerprint density at radius 1 is 1.02 bits per heavy atom. The lowest BCUT2D eigenvalue weighted by atomic mass is 9.92. The van der Waals surface area contributed by atoms with Crippen LogP contribution < -0.4 is 16.0 Å². The van der Waals surface area contributed by atoms with Crippen molar-refractivity contribution in [3.05, 3.63) is 53.3 Å². The summed E-state index contributed by atoms with van der Waals surface area (Å²) in [4.78, 5) is 74.4. The maximum Gasteiger partial charge on any atom is 0.264 e. The number of fused-ring (bicyclic) bond motifs is 2. The van der Waals surface area contributed by atoms with Crippen LogP contribution in [0.4, 0.5) is 11.5 Å². The monoisotopic (exact) mass is 627 g/mol. The molecule has 46 heavy (non-hydrogen) atoms. The number of carbonyl (C=O) groups is 5. The van der Waals surface area contributed by atoms with Gasteiger partial charge < -0.3 is 20.4 Å². The van der Waals surface area contributed by atoms with E-state index in [1.165, 1.54) is 12.1 Å². The van der Waals surface area contributed by atoms with Crippen molar-refractivity contribution < 1.29 is 28.7 Å². The maximum atomic E-state index is 13.4. The number of aromatic amines is 1. The van der Waals surface area contributed by atoms with Gasteiger partial charge in [-0.15, -0.1) is 0 Å². The Hall–Kier alpha value is -4.62. The second-order valence-corrected chi connectivity index (χ2v) is 12.7. The van der Waals surface area contributed by atoms with Gasteiger partial charge in [0.15, 0.2) is 0 Å². The number of ether oxygens (including phenoxy) is 1. The van der Waals surface area contributed by atoms with E-state index in [-0.39, 0.29) is 48.6 Å². The number of carbonyl (C=O) groups excluding carboxylic acids is 5. The largest absolute Gasteiger partial charge is 0.382 e. The van der Waals surface area contributed by atoms with Crippen LogP contribution in [-0.2, 0) is 19.1 Å². The molecule has 3 aliphatic heterocycles. The maximum absolute atomic E-state index is 13.4. The molecule has 1 unspecified atom stereocenters. The molecule has 4 aliphatic rings. The number of imide groups is 2. The van der Waals surface area contributed by atoms with E-state index in [1.807, 2.05) is 6.07 Å². The summed E-state index contributed by atoms with van der Waals surface area (Å²) in [5.74, 6) is -1.90. The van der Waals surface area contributed by atoms with Crippen molar-refractivity contribution >= 4 is 51.9 Å². The average Bonchev–Trinajstić information content (AvgIpc) is 3.73. The molecule has 5 heterocycles. The lowest BCUT2D eigenvalue weighted by Gasteiger charge is -2.30. The molecule has 2 saturated heterocycles. The smallest absolute Gasteiger partial charge is 0.264 e. The molecule has 0 bridgehead atoms. The van der Waals surface area contributed by atoms with Gasteiger partial charge in [0.1, 0.15) is 18.5 Å². The number of piperidine rings is 1. The van der Waals surface area contributed by atoms with Gasteiger partial charge in [-0.05, 0) is 76.7 Å². The molecule has 2 atom stereocenters. The van der Waals surface area contributed by atoms with Crippen LogP contribution in [0.15, 0.2) is 36.5 Å². The van der Waals surface area contributed by atoms with E-state index in [9.17, 15) is 24.0 Å². The molecule has 2 aromatic heterocycles. The molecule has 13 heteroatoms. The van der Waals surface area contributed by atoms with Gasteiger partial charge in [0, 0.05) is 47.5 Å². The average molecular weight is 628 g/mol. The Bertz CT molecular complexity index is 1730. The Morgan fingerprint density at radius 2 is 1.85 bits per heavy atom. The third-order valence-electron chi connectivity index (χ3n) is 9.62.